The summed E-state index contributed by atoms with van der Waals surface area (Å²) in [6.45, 7) is 8.68. The molecular formula is C29H33N3O2S. The molecule has 0 bridgehead atoms. The number of hydrogen-bond acceptors (Lipinski definition) is 3. The average Bonchev–Trinajstić information content (AvgIpc) is 2.85. The zero-order chi connectivity index (χ0) is 25.4. The van der Waals surface area contributed by atoms with Crippen LogP contribution in [0.5, 0.6) is 0 Å². The smallest absolute Gasteiger partial charge is 0.260 e. The number of anilines is 2. The van der Waals surface area contributed by atoms with Gasteiger partial charge in [-0.05, 0) is 73.8 Å². The second kappa shape index (κ2) is 12.3. The number of rotatable bonds is 8. The molecule has 5 nitrogen and oxygen atoms in total. The number of para-hydroxylation sites is 2. The number of carbonyl (C=O) groups is 2. The molecule has 2 N–H and O–H groups in total. The molecule has 1 unspecified atom stereocenters. The van der Waals surface area contributed by atoms with Crippen molar-refractivity contribution in [3.63, 3.8) is 0 Å². The van der Waals surface area contributed by atoms with Gasteiger partial charge in [0, 0.05) is 12.2 Å². The van der Waals surface area contributed by atoms with E-state index < -0.39 is 0 Å². The van der Waals surface area contributed by atoms with Gasteiger partial charge in [-0.25, -0.2) is 0 Å². The Morgan fingerprint density at radius 2 is 1.51 bits per heavy atom. The Balaban J connectivity index is 1.68. The van der Waals surface area contributed by atoms with Crippen LogP contribution in [0.2, 0.25) is 0 Å². The Morgan fingerprint density at radius 3 is 2.14 bits per heavy atom. The minimum Gasteiger partial charge on any atom is -0.332 e. The highest BCUT2D eigenvalue weighted by atomic mass is 32.1. The number of carbonyl (C=O) groups excluding carboxylic acids is 2. The molecule has 1 atom stereocenters. The van der Waals surface area contributed by atoms with Crippen LogP contribution >= 0.6 is 12.2 Å². The lowest BCUT2D eigenvalue weighted by atomic mass is 9.96. The summed E-state index contributed by atoms with van der Waals surface area (Å²) in [4.78, 5) is 27.9. The molecular weight excluding hydrogens is 454 g/mol. The van der Waals surface area contributed by atoms with Crippen molar-refractivity contribution in [1.29, 1.82) is 0 Å². The molecule has 0 aliphatic heterocycles. The number of hydrogen-bond donors (Lipinski definition) is 2. The van der Waals surface area contributed by atoms with Crippen molar-refractivity contribution < 1.29 is 9.59 Å². The third-order valence-electron chi connectivity index (χ3n) is 5.79. The predicted octanol–water partition coefficient (Wildman–Crippen LogP) is 6.17. The van der Waals surface area contributed by atoms with Crippen LogP contribution in [0, 0.1) is 5.92 Å². The molecule has 2 amide bonds. The Labute approximate surface area is 213 Å². The minimum absolute atomic E-state index is 0.147. The minimum atomic E-state index is -0.367. The van der Waals surface area contributed by atoms with Gasteiger partial charge in [0.25, 0.3) is 5.91 Å². The van der Waals surface area contributed by atoms with E-state index in [1.54, 1.807) is 17.0 Å². The van der Waals surface area contributed by atoms with E-state index in [0.717, 1.165) is 17.7 Å². The Kier molecular flexibility index (Phi) is 9.15. The summed E-state index contributed by atoms with van der Waals surface area (Å²) in [5, 5.41) is 5.97. The van der Waals surface area contributed by atoms with Gasteiger partial charge in [-0.3, -0.25) is 9.59 Å². The van der Waals surface area contributed by atoms with E-state index in [1.165, 1.54) is 5.56 Å². The highest BCUT2D eigenvalue weighted by Gasteiger charge is 2.21. The molecule has 0 heterocycles. The zero-order valence-electron chi connectivity index (χ0n) is 20.7. The van der Waals surface area contributed by atoms with E-state index in [2.05, 4.69) is 36.6 Å². The molecule has 0 aliphatic rings. The summed E-state index contributed by atoms with van der Waals surface area (Å²) < 4.78 is 0. The number of thiocarbonyl (C=S) groups is 1. The molecule has 0 saturated carbocycles. The van der Waals surface area contributed by atoms with Crippen molar-refractivity contribution in [2.45, 2.75) is 40.0 Å². The fourth-order valence-corrected chi connectivity index (χ4v) is 4.12. The van der Waals surface area contributed by atoms with Crippen LogP contribution in [0.4, 0.5) is 11.4 Å². The molecule has 182 valence electrons. The van der Waals surface area contributed by atoms with Crippen molar-refractivity contribution >= 4 is 40.5 Å². The van der Waals surface area contributed by atoms with Gasteiger partial charge in [0.2, 0.25) is 5.91 Å². The van der Waals surface area contributed by atoms with Crippen molar-refractivity contribution in [1.82, 2.24) is 5.32 Å². The number of nitrogens with zero attached hydrogens (tertiary/aromatic N) is 1. The first kappa shape index (κ1) is 26.1. The van der Waals surface area contributed by atoms with Crippen LogP contribution in [0.3, 0.4) is 0 Å². The second-order valence-corrected chi connectivity index (χ2v) is 9.34. The van der Waals surface area contributed by atoms with Gasteiger partial charge in [-0.2, -0.15) is 0 Å². The summed E-state index contributed by atoms with van der Waals surface area (Å²) in [5.74, 6) is -0.140. The first-order chi connectivity index (χ1) is 16.8. The quantitative estimate of drug-likeness (QED) is 0.373. The van der Waals surface area contributed by atoms with Gasteiger partial charge in [0.05, 0.1) is 17.2 Å². The highest BCUT2D eigenvalue weighted by Crippen LogP contribution is 2.22. The lowest BCUT2D eigenvalue weighted by Crippen LogP contribution is -2.37. The van der Waals surface area contributed by atoms with E-state index in [-0.39, 0.29) is 22.8 Å². The van der Waals surface area contributed by atoms with E-state index in [1.807, 2.05) is 68.4 Å². The van der Waals surface area contributed by atoms with Gasteiger partial charge in [0.15, 0.2) is 5.11 Å². The Bertz CT molecular complexity index is 1160. The van der Waals surface area contributed by atoms with E-state index >= 15 is 0 Å². The standard InChI is InChI=1S/C29H33N3O2S/c1-5-32(24-11-7-6-8-12-24)28(34)25-13-9-10-14-26(25)30-29(35)31-27(33)21(4)23-17-15-22(16-18-23)19-20(2)3/h6-18,20-21H,5,19H2,1-4H3,(H2,30,31,33,35). The first-order valence-electron chi connectivity index (χ1n) is 12.0. The first-order valence-corrected chi connectivity index (χ1v) is 12.4. The maximum absolute atomic E-state index is 13.3. The topological polar surface area (TPSA) is 61.4 Å². The summed E-state index contributed by atoms with van der Waals surface area (Å²) >= 11 is 5.42. The number of nitrogens with one attached hydrogen (secondary N) is 2. The summed E-state index contributed by atoms with van der Waals surface area (Å²) in [7, 11) is 0. The Hall–Kier alpha value is -3.51. The lowest BCUT2D eigenvalue weighted by Gasteiger charge is -2.23. The molecule has 0 aliphatic carbocycles. The molecule has 0 radical (unpaired) electrons. The van der Waals surface area contributed by atoms with Crippen LogP contribution < -0.4 is 15.5 Å². The van der Waals surface area contributed by atoms with E-state index in [0.29, 0.717) is 23.7 Å². The normalized spacial score (nSPS) is 11.6. The number of amides is 2. The van der Waals surface area contributed by atoms with E-state index in [4.69, 9.17) is 12.2 Å². The summed E-state index contributed by atoms with van der Waals surface area (Å²) in [6.07, 6.45) is 1.01. The summed E-state index contributed by atoms with van der Waals surface area (Å²) in [6, 6.07) is 24.8. The second-order valence-electron chi connectivity index (χ2n) is 8.94. The van der Waals surface area contributed by atoms with E-state index in [9.17, 15) is 9.59 Å². The molecule has 3 rings (SSSR count). The molecule has 6 heteroatoms. The maximum Gasteiger partial charge on any atom is 0.260 e. The van der Waals surface area contributed by atoms with Gasteiger partial charge < -0.3 is 15.5 Å². The fourth-order valence-electron chi connectivity index (χ4n) is 3.91. The van der Waals surface area contributed by atoms with Crippen molar-refractivity contribution in [2.24, 2.45) is 5.92 Å². The molecule has 3 aromatic rings. The molecule has 0 fully saturated rings. The van der Waals surface area contributed by atoms with Crippen LogP contribution in [-0.4, -0.2) is 23.5 Å². The van der Waals surface area contributed by atoms with Crippen LogP contribution in [0.25, 0.3) is 0 Å². The van der Waals surface area contributed by atoms with Crippen LogP contribution in [0.15, 0.2) is 78.9 Å². The third kappa shape index (κ3) is 6.99. The monoisotopic (exact) mass is 487 g/mol. The lowest BCUT2D eigenvalue weighted by molar-refractivity contribution is -0.120. The van der Waals surface area contributed by atoms with Crippen LogP contribution in [0.1, 0.15) is 55.1 Å². The highest BCUT2D eigenvalue weighted by molar-refractivity contribution is 7.80. The van der Waals surface area contributed by atoms with Gasteiger partial charge in [0.1, 0.15) is 0 Å². The molecule has 0 saturated heterocycles. The molecule has 0 spiro atoms. The van der Waals surface area contributed by atoms with Gasteiger partial charge in [-0.1, -0.05) is 68.4 Å². The van der Waals surface area contributed by atoms with Crippen LogP contribution in [-0.2, 0) is 11.2 Å². The van der Waals surface area contributed by atoms with Crippen molar-refractivity contribution in [3.05, 3.63) is 95.6 Å². The number of benzene rings is 3. The fraction of sp³-hybridized carbons (Fsp3) is 0.276. The largest absolute Gasteiger partial charge is 0.332 e. The summed E-state index contributed by atoms with van der Waals surface area (Å²) in [5.41, 5.74) is 4.02. The van der Waals surface area contributed by atoms with Gasteiger partial charge >= 0.3 is 0 Å². The maximum atomic E-state index is 13.3. The Morgan fingerprint density at radius 1 is 0.886 bits per heavy atom. The molecule has 3 aromatic carbocycles. The van der Waals surface area contributed by atoms with Crippen molar-refractivity contribution in [2.75, 3.05) is 16.8 Å². The molecule has 0 aromatic heterocycles. The average molecular weight is 488 g/mol. The molecule has 35 heavy (non-hydrogen) atoms. The SMILES string of the molecule is CCN(C(=O)c1ccccc1NC(=S)NC(=O)C(C)c1ccc(CC(C)C)cc1)c1ccccc1. The predicted molar refractivity (Wildman–Crippen MR) is 148 cm³/mol. The van der Waals surface area contributed by atoms with Crippen molar-refractivity contribution in [3.8, 4) is 0 Å². The zero-order valence-corrected chi connectivity index (χ0v) is 21.6. The third-order valence-corrected chi connectivity index (χ3v) is 5.99. The van der Waals surface area contributed by atoms with Gasteiger partial charge in [-0.15, -0.1) is 0 Å².